The van der Waals surface area contributed by atoms with Crippen molar-refractivity contribution in [2.24, 2.45) is 0 Å². The predicted octanol–water partition coefficient (Wildman–Crippen LogP) is 3.63. The zero-order valence-electron chi connectivity index (χ0n) is 9.74. The van der Waals surface area contributed by atoms with Crippen LogP contribution in [0.5, 0.6) is 0 Å². The van der Waals surface area contributed by atoms with E-state index in [0.29, 0.717) is 11.5 Å². The molecule has 0 aliphatic rings. The maximum absolute atomic E-state index is 11.1. The van der Waals surface area contributed by atoms with E-state index in [1.807, 2.05) is 26.0 Å². The van der Waals surface area contributed by atoms with Crippen molar-refractivity contribution in [3.05, 3.63) is 34.9 Å². The summed E-state index contributed by atoms with van der Waals surface area (Å²) in [6, 6.07) is 5.53. The predicted molar refractivity (Wildman–Crippen MR) is 61.6 cm³/mol. The van der Waals surface area contributed by atoms with E-state index in [1.165, 1.54) is 0 Å². The molecule has 0 bridgehead atoms. The third kappa shape index (κ3) is 2.38. The normalized spacial score (nSPS) is 11.1. The maximum Gasteiger partial charge on any atom is 0.335 e. The van der Waals surface area contributed by atoms with E-state index in [-0.39, 0.29) is 5.92 Å². The number of benzene rings is 1. The Morgan fingerprint density at radius 3 is 2.13 bits per heavy atom. The Morgan fingerprint density at radius 1 is 1.13 bits per heavy atom. The fourth-order valence-electron chi connectivity index (χ4n) is 1.92. The molecule has 82 valence electrons. The fourth-order valence-corrected chi connectivity index (χ4v) is 1.92. The lowest BCUT2D eigenvalue weighted by molar-refractivity contribution is 0.0695. The largest absolute Gasteiger partial charge is 0.478 e. The van der Waals surface area contributed by atoms with Crippen molar-refractivity contribution in [2.75, 3.05) is 0 Å². The summed E-state index contributed by atoms with van der Waals surface area (Å²) in [4.78, 5) is 11.1. The first-order valence-corrected chi connectivity index (χ1v) is 5.31. The molecule has 2 heteroatoms. The van der Waals surface area contributed by atoms with Crippen molar-refractivity contribution in [1.82, 2.24) is 0 Å². The van der Waals surface area contributed by atoms with Gasteiger partial charge in [0, 0.05) is 0 Å². The van der Waals surface area contributed by atoms with Crippen molar-refractivity contribution in [2.45, 2.75) is 39.5 Å². The first-order chi connectivity index (χ1) is 6.95. The zero-order valence-corrected chi connectivity index (χ0v) is 9.74. The molecule has 0 aliphatic carbocycles. The van der Waals surface area contributed by atoms with Gasteiger partial charge in [-0.3, -0.25) is 0 Å². The van der Waals surface area contributed by atoms with Crippen LogP contribution in [0.25, 0.3) is 0 Å². The Kier molecular flexibility index (Phi) is 3.51. The van der Waals surface area contributed by atoms with Gasteiger partial charge in [0.15, 0.2) is 0 Å². The van der Waals surface area contributed by atoms with Crippen molar-refractivity contribution >= 4 is 5.97 Å². The van der Waals surface area contributed by atoms with Gasteiger partial charge in [0.05, 0.1) is 5.56 Å². The van der Waals surface area contributed by atoms with Gasteiger partial charge < -0.3 is 5.11 Å². The van der Waals surface area contributed by atoms with Gasteiger partial charge in [0.1, 0.15) is 0 Å². The van der Waals surface area contributed by atoms with Crippen molar-refractivity contribution in [1.29, 1.82) is 0 Å². The SMILES string of the molecule is CC(C)c1cccc(C(=O)O)c1C(C)C. The molecule has 1 aromatic carbocycles. The summed E-state index contributed by atoms with van der Waals surface area (Å²) >= 11 is 0. The van der Waals surface area contributed by atoms with E-state index in [1.54, 1.807) is 6.07 Å². The summed E-state index contributed by atoms with van der Waals surface area (Å²) < 4.78 is 0. The zero-order chi connectivity index (χ0) is 11.6. The molecule has 0 heterocycles. The van der Waals surface area contributed by atoms with E-state index < -0.39 is 5.97 Å². The minimum atomic E-state index is -0.832. The van der Waals surface area contributed by atoms with Crippen LogP contribution in [0.15, 0.2) is 18.2 Å². The second-order valence-electron chi connectivity index (χ2n) is 4.42. The molecule has 0 aromatic heterocycles. The van der Waals surface area contributed by atoms with Gasteiger partial charge in [0.2, 0.25) is 0 Å². The lowest BCUT2D eigenvalue weighted by Gasteiger charge is -2.18. The molecule has 15 heavy (non-hydrogen) atoms. The van der Waals surface area contributed by atoms with Gasteiger partial charge in [-0.1, -0.05) is 39.8 Å². The number of hydrogen-bond donors (Lipinski definition) is 1. The van der Waals surface area contributed by atoms with Crippen LogP contribution in [-0.4, -0.2) is 11.1 Å². The van der Waals surface area contributed by atoms with Crippen molar-refractivity contribution < 1.29 is 9.90 Å². The summed E-state index contributed by atoms with van der Waals surface area (Å²) in [5.74, 6) is -0.224. The van der Waals surface area contributed by atoms with Crippen LogP contribution in [0, 0.1) is 0 Å². The molecule has 0 aliphatic heterocycles. The minimum Gasteiger partial charge on any atom is -0.478 e. The summed E-state index contributed by atoms with van der Waals surface area (Å²) in [6.45, 7) is 8.25. The van der Waals surface area contributed by atoms with Crippen LogP contribution in [0.2, 0.25) is 0 Å². The summed E-state index contributed by atoms with van der Waals surface area (Å²) in [7, 11) is 0. The number of carbonyl (C=O) groups is 1. The van der Waals surface area contributed by atoms with Gasteiger partial charge in [-0.2, -0.15) is 0 Å². The molecule has 0 amide bonds. The quantitative estimate of drug-likeness (QED) is 0.819. The monoisotopic (exact) mass is 206 g/mol. The van der Waals surface area contributed by atoms with Crippen LogP contribution in [0.4, 0.5) is 0 Å². The molecule has 2 nitrogen and oxygen atoms in total. The first-order valence-electron chi connectivity index (χ1n) is 5.31. The molecule has 0 radical (unpaired) electrons. The number of hydrogen-bond acceptors (Lipinski definition) is 1. The Morgan fingerprint density at radius 2 is 1.73 bits per heavy atom. The Labute approximate surface area is 90.9 Å². The fraction of sp³-hybridized carbons (Fsp3) is 0.462. The highest BCUT2D eigenvalue weighted by molar-refractivity contribution is 5.90. The summed E-state index contributed by atoms with van der Waals surface area (Å²) in [5.41, 5.74) is 2.56. The third-order valence-corrected chi connectivity index (χ3v) is 2.57. The summed E-state index contributed by atoms with van der Waals surface area (Å²) in [5, 5.41) is 9.12. The average Bonchev–Trinajstić information content (AvgIpc) is 2.16. The molecule has 1 aromatic rings. The standard InChI is InChI=1S/C13H18O2/c1-8(2)10-6-5-7-11(13(14)15)12(10)9(3)4/h5-9H,1-4H3,(H,14,15). The van der Waals surface area contributed by atoms with Gasteiger partial charge in [-0.25, -0.2) is 4.79 Å². The van der Waals surface area contributed by atoms with Crippen LogP contribution < -0.4 is 0 Å². The lowest BCUT2D eigenvalue weighted by atomic mass is 9.87. The van der Waals surface area contributed by atoms with Gasteiger partial charge in [0.25, 0.3) is 0 Å². The Bertz CT molecular complexity index is 365. The van der Waals surface area contributed by atoms with E-state index in [2.05, 4.69) is 13.8 Å². The maximum atomic E-state index is 11.1. The first kappa shape index (κ1) is 11.8. The smallest absolute Gasteiger partial charge is 0.335 e. The topological polar surface area (TPSA) is 37.3 Å². The van der Waals surface area contributed by atoms with Crippen LogP contribution >= 0.6 is 0 Å². The molecule has 0 spiro atoms. The second-order valence-corrected chi connectivity index (χ2v) is 4.42. The Hall–Kier alpha value is -1.31. The van der Waals surface area contributed by atoms with Gasteiger partial charge in [-0.05, 0) is 29.0 Å². The van der Waals surface area contributed by atoms with Crippen molar-refractivity contribution in [3.63, 3.8) is 0 Å². The third-order valence-electron chi connectivity index (χ3n) is 2.57. The molecule has 0 saturated heterocycles. The highest BCUT2D eigenvalue weighted by Crippen LogP contribution is 2.29. The second kappa shape index (κ2) is 4.47. The molecule has 0 fully saturated rings. The van der Waals surface area contributed by atoms with E-state index in [4.69, 9.17) is 5.11 Å². The van der Waals surface area contributed by atoms with Gasteiger partial charge in [-0.15, -0.1) is 0 Å². The minimum absolute atomic E-state index is 0.245. The molecule has 0 atom stereocenters. The number of rotatable bonds is 3. The van der Waals surface area contributed by atoms with Crippen LogP contribution in [0.3, 0.4) is 0 Å². The highest BCUT2D eigenvalue weighted by Gasteiger charge is 2.17. The highest BCUT2D eigenvalue weighted by atomic mass is 16.4. The van der Waals surface area contributed by atoms with E-state index in [9.17, 15) is 4.79 Å². The Balaban J connectivity index is 3.42. The van der Waals surface area contributed by atoms with E-state index >= 15 is 0 Å². The number of carboxylic acid groups (broad SMARTS) is 1. The van der Waals surface area contributed by atoms with Crippen LogP contribution in [-0.2, 0) is 0 Å². The average molecular weight is 206 g/mol. The molecular weight excluding hydrogens is 188 g/mol. The number of carboxylic acids is 1. The van der Waals surface area contributed by atoms with Gasteiger partial charge >= 0.3 is 5.97 Å². The molecule has 0 unspecified atom stereocenters. The number of aromatic carboxylic acids is 1. The lowest BCUT2D eigenvalue weighted by Crippen LogP contribution is -2.08. The summed E-state index contributed by atoms with van der Waals surface area (Å²) in [6.07, 6.45) is 0. The molecule has 1 rings (SSSR count). The molecule has 0 saturated carbocycles. The van der Waals surface area contributed by atoms with Crippen molar-refractivity contribution in [3.8, 4) is 0 Å². The molecular formula is C13H18O2. The van der Waals surface area contributed by atoms with E-state index in [0.717, 1.165) is 11.1 Å². The van der Waals surface area contributed by atoms with Crippen LogP contribution in [0.1, 0.15) is 61.0 Å². The molecule has 1 N–H and O–H groups in total.